The Morgan fingerprint density at radius 3 is 1.30 bits per heavy atom. The summed E-state index contributed by atoms with van der Waals surface area (Å²) in [5.41, 5.74) is 1.00. The van der Waals surface area contributed by atoms with Crippen molar-refractivity contribution >= 4 is 106 Å². The number of thioether (sulfide) groups is 4. The highest BCUT2D eigenvalue weighted by Crippen LogP contribution is 2.51. The van der Waals surface area contributed by atoms with Crippen LogP contribution in [0.5, 0.6) is 0 Å². The summed E-state index contributed by atoms with van der Waals surface area (Å²) in [6.45, 7) is 5.63. The van der Waals surface area contributed by atoms with Gasteiger partial charge in [0.1, 0.15) is 6.04 Å². The van der Waals surface area contributed by atoms with Crippen molar-refractivity contribution in [2.45, 2.75) is 117 Å². The Hall–Kier alpha value is -4.94. The zero-order valence-electron chi connectivity index (χ0n) is 42.6. The number of amides is 6. The molecule has 4 heterocycles. The highest BCUT2D eigenvalue weighted by Gasteiger charge is 2.49. The lowest BCUT2D eigenvalue weighted by Crippen LogP contribution is -2.52. The smallest absolute Gasteiger partial charge is 0.330 e. The van der Waals surface area contributed by atoms with Crippen LogP contribution in [0.4, 0.5) is 0 Å². The van der Waals surface area contributed by atoms with Crippen molar-refractivity contribution in [1.29, 1.82) is 0 Å². The Kier molecular flexibility index (Phi) is 23.3. The number of carboxylic acids is 1. The fraction of sp³-hybridized carbons (Fsp3) is 0.569. The molecule has 4 fully saturated rings. The number of carbonyl (C=O) groups is 10. The summed E-state index contributed by atoms with van der Waals surface area (Å²) >= 11 is 7.58. The van der Waals surface area contributed by atoms with E-state index in [0.717, 1.165) is 42.5 Å². The van der Waals surface area contributed by atoms with E-state index in [1.807, 2.05) is 84.8 Å². The molecule has 4 aliphatic heterocycles. The maximum Gasteiger partial charge on any atom is 0.330 e. The van der Waals surface area contributed by atoms with E-state index in [9.17, 15) is 53.1 Å². The topological polar surface area (TPSA) is 270 Å². The van der Waals surface area contributed by atoms with Crippen LogP contribution in [0.3, 0.4) is 0 Å². The van der Waals surface area contributed by atoms with Crippen molar-refractivity contribution in [2.24, 2.45) is 0 Å². The Morgan fingerprint density at radius 2 is 0.946 bits per heavy atom. The second-order valence-electron chi connectivity index (χ2n) is 18.8. The van der Waals surface area contributed by atoms with Crippen molar-refractivity contribution < 1.29 is 53.1 Å². The highest BCUT2D eigenvalue weighted by molar-refractivity contribution is 8.19. The zero-order chi connectivity index (χ0) is 54.0. The van der Waals surface area contributed by atoms with Crippen LogP contribution < -0.4 is 31.9 Å². The average Bonchev–Trinajstić information content (AvgIpc) is 3.89. The van der Waals surface area contributed by atoms with Crippen LogP contribution in [-0.2, 0) is 47.9 Å². The van der Waals surface area contributed by atoms with Crippen LogP contribution in [0.1, 0.15) is 95.3 Å². The number of hydrogen-bond donors (Lipinski definition) is 7. The van der Waals surface area contributed by atoms with E-state index in [2.05, 4.69) is 31.9 Å². The predicted molar refractivity (Wildman–Crippen MR) is 289 cm³/mol. The van der Waals surface area contributed by atoms with E-state index in [1.54, 1.807) is 60.7 Å². The molecule has 4 aliphatic rings. The number of likely N-dealkylation sites (N-methyl/N-ethyl adjacent to an activating group) is 2. The van der Waals surface area contributed by atoms with Gasteiger partial charge in [-0.25, -0.2) is 4.79 Å². The molecule has 0 radical (unpaired) electrons. The molecule has 74 heavy (non-hydrogen) atoms. The first-order valence-electron chi connectivity index (χ1n) is 24.9. The fourth-order valence-electron chi connectivity index (χ4n) is 9.13. The first kappa shape index (κ1) is 59.9. The van der Waals surface area contributed by atoms with Gasteiger partial charge in [0.2, 0.25) is 35.2 Å². The van der Waals surface area contributed by atoms with Gasteiger partial charge in [0.05, 0.1) is 45.4 Å². The molecule has 6 rings (SSSR count). The molecule has 404 valence electrons. The third-order valence-corrected chi connectivity index (χ3v) is 19.6. The molecule has 2 aromatic rings. The van der Waals surface area contributed by atoms with E-state index in [-0.39, 0.29) is 44.3 Å². The average molecular weight is 1100 g/mol. The van der Waals surface area contributed by atoms with Crippen LogP contribution in [0.15, 0.2) is 60.7 Å². The van der Waals surface area contributed by atoms with Crippen molar-refractivity contribution in [2.75, 3.05) is 63.3 Å². The third kappa shape index (κ3) is 17.0. The van der Waals surface area contributed by atoms with Gasteiger partial charge in [0.15, 0.2) is 11.8 Å². The van der Waals surface area contributed by atoms with E-state index in [4.69, 9.17) is 0 Å². The highest BCUT2D eigenvalue weighted by atomic mass is 32.2. The molecule has 23 heteroatoms. The molecule has 7 N–H and O–H groups in total. The molecule has 0 aromatic heterocycles. The Labute approximate surface area is 449 Å². The van der Waals surface area contributed by atoms with Crippen molar-refractivity contribution in [3.8, 4) is 0 Å². The van der Waals surface area contributed by atoms with Crippen LogP contribution in [-0.4, -0.2) is 169 Å². The molecule has 19 nitrogen and oxygen atoms in total. The van der Waals surface area contributed by atoms with Gasteiger partial charge in [-0.1, -0.05) is 87.4 Å². The number of Topliss-reactive ketones (excluding diaryl/α,β-unsaturated/α-hetero) is 3. The second-order valence-corrected chi connectivity index (χ2v) is 25.2. The van der Waals surface area contributed by atoms with Gasteiger partial charge in [0.25, 0.3) is 11.8 Å². The first-order valence-corrected chi connectivity index (χ1v) is 28.9. The Morgan fingerprint density at radius 1 is 0.581 bits per heavy atom. The molecule has 2 aromatic carbocycles. The van der Waals surface area contributed by atoms with Gasteiger partial charge in [0, 0.05) is 13.1 Å². The molecule has 6 amide bonds. The number of benzene rings is 2. The Balaban J connectivity index is 0.000000274. The van der Waals surface area contributed by atoms with Crippen molar-refractivity contribution in [3.63, 3.8) is 0 Å². The maximum atomic E-state index is 13.1. The molecule has 0 saturated carbocycles. The minimum absolute atomic E-state index is 0.00147. The molecular weight excluding hydrogens is 1030 g/mol. The number of rotatable bonds is 22. The summed E-state index contributed by atoms with van der Waals surface area (Å²) in [5, 5.41) is 24.5. The van der Waals surface area contributed by atoms with Crippen LogP contribution in [0.2, 0.25) is 0 Å². The fourth-order valence-corrected chi connectivity index (χ4v) is 16.1. The summed E-state index contributed by atoms with van der Waals surface area (Å²) in [4.78, 5) is 129. The second kappa shape index (κ2) is 28.8. The maximum absolute atomic E-state index is 13.1. The lowest BCUT2D eigenvalue weighted by molar-refractivity contribution is -0.142. The third-order valence-electron chi connectivity index (χ3n) is 12.9. The van der Waals surface area contributed by atoms with Gasteiger partial charge >= 0.3 is 5.97 Å². The normalized spacial score (nSPS) is 20.6. The number of aliphatic carboxylic acids is 1. The number of hydrogen-bond acceptors (Lipinski definition) is 16. The predicted octanol–water partition coefficient (Wildman–Crippen LogP) is 2.84. The van der Waals surface area contributed by atoms with Gasteiger partial charge in [-0.15, -0.1) is 47.0 Å². The summed E-state index contributed by atoms with van der Waals surface area (Å²) in [5.74, 6) is -2.66. The van der Waals surface area contributed by atoms with E-state index in [0.29, 0.717) is 43.2 Å². The van der Waals surface area contributed by atoms with Crippen LogP contribution >= 0.6 is 47.0 Å². The minimum Gasteiger partial charge on any atom is -0.479 e. The molecule has 4 saturated heterocycles. The SMILES string of the molecule is CCCC(NC(=O)[C@@H]1CC2(CN1C)SCCCS2)C(=O)C(=O)NCC(=O)N[C@H](C(=O)O)c1ccccc1.CCCC(NC(=O)[C@@H]1CC2(CN1C)SCCCS2)C(=O)C(=O)NCC(=O)N[C@H](C(C)=O)c1ccccc1. The quantitative estimate of drug-likeness (QED) is 0.0836. The largest absolute Gasteiger partial charge is 0.479 e. The number of nitrogens with zero attached hydrogens (tertiary/aromatic N) is 2. The van der Waals surface area contributed by atoms with Crippen LogP contribution in [0.25, 0.3) is 0 Å². The first-order chi connectivity index (χ1) is 35.3. The molecule has 0 aliphatic carbocycles. The van der Waals surface area contributed by atoms with Crippen LogP contribution in [0, 0.1) is 0 Å². The lowest BCUT2D eigenvalue weighted by atomic mass is 10.0. The number of carboxylic acid groups (broad SMARTS) is 1. The standard InChI is InChI=1S/C26H36N4O5S2.C25H34N4O6S2/c1-4-9-19(28-24(34)20-14-26(16-30(20)3)36-12-8-13-37-26)23(33)25(35)27-15-21(32)29-22(17(2)31)18-10-6-5-7-11-18;1-3-8-17(27-22(32)18-13-25(15-29(18)2)36-11-7-12-37-25)21(31)23(33)26-14-19(30)28-20(24(34)35)16-9-5-4-6-10-16/h5-7,10-11,19-20,22H,4,8-9,12-16H2,1-3H3,(H,27,35)(H,28,34)(H,29,32);4-6,9-10,17-18,20H,3,7-8,11-15H2,1-2H3,(H,26,33)(H,27,32)(H,28,30)(H,34,35)/t19?,20-,22+;17?,18-,20-/m00/s1. The number of nitrogens with one attached hydrogen (secondary N) is 6. The molecule has 2 spiro atoms. The summed E-state index contributed by atoms with van der Waals surface area (Å²) < 4.78 is -0.0148. The zero-order valence-corrected chi connectivity index (χ0v) is 45.9. The van der Waals surface area contributed by atoms with Gasteiger partial charge in [-0.3, -0.25) is 53.0 Å². The Bertz CT molecular complexity index is 2160. The number of likely N-dealkylation sites (tertiary alicyclic amines) is 2. The minimum atomic E-state index is -1.29. The lowest BCUT2D eigenvalue weighted by Gasteiger charge is -2.31. The van der Waals surface area contributed by atoms with E-state index in [1.165, 1.54) is 13.3 Å². The van der Waals surface area contributed by atoms with E-state index < -0.39 is 78.4 Å². The molecule has 6 atom stereocenters. The molecule has 0 bridgehead atoms. The molecular formula is C51H70N8O11S4. The van der Waals surface area contributed by atoms with Crippen molar-refractivity contribution in [1.82, 2.24) is 41.7 Å². The monoisotopic (exact) mass is 1100 g/mol. The number of ketones is 3. The number of carbonyl (C=O) groups excluding carboxylic acids is 9. The van der Waals surface area contributed by atoms with Gasteiger partial charge in [-0.2, -0.15) is 0 Å². The van der Waals surface area contributed by atoms with E-state index >= 15 is 0 Å². The van der Waals surface area contributed by atoms with Gasteiger partial charge < -0.3 is 37.0 Å². The summed E-state index contributed by atoms with van der Waals surface area (Å²) in [6.07, 6.45) is 5.45. The summed E-state index contributed by atoms with van der Waals surface area (Å²) in [6, 6.07) is 12.1. The van der Waals surface area contributed by atoms with Crippen molar-refractivity contribution in [3.05, 3.63) is 71.8 Å². The molecule has 2 unspecified atom stereocenters. The summed E-state index contributed by atoms with van der Waals surface area (Å²) in [7, 11) is 3.82. The van der Waals surface area contributed by atoms with Gasteiger partial charge in [-0.05, 0) is 93.7 Å².